The van der Waals surface area contributed by atoms with Crippen molar-refractivity contribution in [3.8, 4) is 0 Å². The van der Waals surface area contributed by atoms with E-state index in [0.717, 1.165) is 12.8 Å². The number of hydrogen-bond donors (Lipinski definition) is 0. The van der Waals surface area contributed by atoms with E-state index >= 15 is 0 Å². The lowest BCUT2D eigenvalue weighted by Crippen LogP contribution is -2.54. The monoisotopic (exact) mass is 309 g/mol. The highest BCUT2D eigenvalue weighted by atomic mass is 15.1. The van der Waals surface area contributed by atoms with Crippen LogP contribution in [-0.4, -0.2) is 24.5 Å². The predicted molar refractivity (Wildman–Crippen MR) is 100 cm³/mol. The first kappa shape index (κ1) is 16.5. The van der Waals surface area contributed by atoms with Crippen LogP contribution in [0.2, 0.25) is 0 Å². The van der Waals surface area contributed by atoms with Crippen LogP contribution in [0.1, 0.15) is 48.9 Å². The second kappa shape index (κ2) is 5.94. The first-order valence-corrected chi connectivity index (χ1v) is 9.06. The minimum Gasteiger partial charge on any atom is -0.303 e. The van der Waals surface area contributed by atoms with Gasteiger partial charge in [0, 0.05) is 17.4 Å². The van der Waals surface area contributed by atoms with Crippen molar-refractivity contribution in [2.75, 3.05) is 13.6 Å². The number of rotatable bonds is 2. The summed E-state index contributed by atoms with van der Waals surface area (Å²) < 4.78 is 0. The molecular formula is C22H31N. The third-order valence-electron chi connectivity index (χ3n) is 6.51. The van der Waals surface area contributed by atoms with E-state index < -0.39 is 0 Å². The quantitative estimate of drug-likeness (QED) is 0.746. The molecule has 3 unspecified atom stereocenters. The molecule has 1 saturated heterocycles. The van der Waals surface area contributed by atoms with Crippen molar-refractivity contribution in [2.45, 2.75) is 58.4 Å². The summed E-state index contributed by atoms with van der Waals surface area (Å²) in [7, 11) is 2.27. The summed E-state index contributed by atoms with van der Waals surface area (Å²) in [6, 6.07) is 5.25. The second-order valence-electron chi connectivity index (χ2n) is 7.74. The van der Waals surface area contributed by atoms with E-state index in [4.69, 9.17) is 0 Å². The molecule has 0 bridgehead atoms. The van der Waals surface area contributed by atoms with Crippen LogP contribution in [0.25, 0.3) is 0 Å². The number of nitrogens with zero attached hydrogens (tertiary/aromatic N) is 1. The average Bonchev–Trinajstić information content (AvgIpc) is 2.51. The molecule has 0 saturated carbocycles. The molecule has 0 aromatic heterocycles. The molecule has 124 valence electrons. The van der Waals surface area contributed by atoms with Gasteiger partial charge in [0.2, 0.25) is 0 Å². The summed E-state index contributed by atoms with van der Waals surface area (Å²) in [6.07, 6.45) is 8.18. The molecule has 0 radical (unpaired) electrons. The molecule has 0 N–H and O–H groups in total. The topological polar surface area (TPSA) is 3.24 Å². The number of aryl methyl sites for hydroxylation is 2. The summed E-state index contributed by atoms with van der Waals surface area (Å²) in [6.45, 7) is 14.8. The lowest BCUT2D eigenvalue weighted by Gasteiger charge is -2.53. The number of piperidine rings is 1. The van der Waals surface area contributed by atoms with E-state index in [0.29, 0.717) is 12.0 Å². The van der Waals surface area contributed by atoms with Gasteiger partial charge in [-0.15, -0.1) is 0 Å². The highest BCUT2D eigenvalue weighted by molar-refractivity contribution is 5.49. The number of benzene rings is 1. The molecule has 1 aromatic carbocycles. The van der Waals surface area contributed by atoms with Gasteiger partial charge in [-0.05, 0) is 75.9 Å². The van der Waals surface area contributed by atoms with E-state index in [1.165, 1.54) is 35.2 Å². The van der Waals surface area contributed by atoms with Crippen molar-refractivity contribution in [3.63, 3.8) is 0 Å². The highest BCUT2D eigenvalue weighted by Crippen LogP contribution is 2.51. The van der Waals surface area contributed by atoms with E-state index in [1.807, 2.05) is 0 Å². The molecule has 1 aliphatic heterocycles. The largest absolute Gasteiger partial charge is 0.303 e. The van der Waals surface area contributed by atoms with Crippen LogP contribution < -0.4 is 0 Å². The zero-order chi connectivity index (χ0) is 16.8. The summed E-state index contributed by atoms with van der Waals surface area (Å²) in [5, 5.41) is 0. The minimum absolute atomic E-state index is 0.233. The van der Waals surface area contributed by atoms with E-state index in [9.17, 15) is 0 Å². The maximum atomic E-state index is 4.32. The Kier molecular flexibility index (Phi) is 4.27. The summed E-state index contributed by atoms with van der Waals surface area (Å²) >= 11 is 0. The summed E-state index contributed by atoms with van der Waals surface area (Å²) in [4.78, 5) is 2.52. The van der Waals surface area contributed by atoms with Crippen LogP contribution >= 0.6 is 0 Å². The van der Waals surface area contributed by atoms with Gasteiger partial charge in [0.25, 0.3) is 0 Å². The molecule has 0 amide bonds. The van der Waals surface area contributed by atoms with Crippen molar-refractivity contribution >= 4 is 0 Å². The van der Waals surface area contributed by atoms with Crippen molar-refractivity contribution in [3.05, 3.63) is 58.7 Å². The van der Waals surface area contributed by atoms with E-state index in [2.05, 4.69) is 70.5 Å². The first-order valence-electron chi connectivity index (χ1n) is 9.06. The molecule has 1 aliphatic carbocycles. The number of hydrogen-bond acceptors (Lipinski definition) is 1. The predicted octanol–water partition coefficient (Wildman–Crippen LogP) is 4.96. The molecular weight excluding hydrogens is 278 g/mol. The molecule has 1 heteroatoms. The van der Waals surface area contributed by atoms with Gasteiger partial charge in [-0.2, -0.15) is 0 Å². The van der Waals surface area contributed by atoms with Crippen molar-refractivity contribution in [1.82, 2.24) is 4.90 Å². The van der Waals surface area contributed by atoms with E-state index in [-0.39, 0.29) is 5.41 Å². The van der Waals surface area contributed by atoms with Crippen molar-refractivity contribution in [2.24, 2.45) is 5.92 Å². The maximum Gasteiger partial charge on any atom is 0.0135 e. The normalized spacial score (nSPS) is 31.3. The second-order valence-corrected chi connectivity index (χ2v) is 7.74. The standard InChI is InChI=1S/C22H31N/c1-7-19-10-9-16(3)21(17(19)4)22-12-13-23(6)18(5)20(22)11-8-15(2)14-22/h8-11,18,20H,2,7,12-14H2,1,3-6H3. The first-order chi connectivity index (χ1) is 10.9. The van der Waals surface area contributed by atoms with Crippen LogP contribution in [0.15, 0.2) is 36.4 Å². The highest BCUT2D eigenvalue weighted by Gasteiger charge is 2.48. The fourth-order valence-electron chi connectivity index (χ4n) is 5.16. The van der Waals surface area contributed by atoms with Gasteiger partial charge in [0.05, 0.1) is 0 Å². The van der Waals surface area contributed by atoms with Crippen LogP contribution in [0.3, 0.4) is 0 Å². The third-order valence-corrected chi connectivity index (χ3v) is 6.51. The minimum atomic E-state index is 0.233. The maximum absolute atomic E-state index is 4.32. The van der Waals surface area contributed by atoms with Gasteiger partial charge in [0.1, 0.15) is 0 Å². The Hall–Kier alpha value is -1.34. The van der Waals surface area contributed by atoms with Gasteiger partial charge < -0.3 is 4.90 Å². The molecule has 23 heavy (non-hydrogen) atoms. The zero-order valence-corrected chi connectivity index (χ0v) is 15.4. The Labute approximate surface area is 142 Å². The molecule has 1 fully saturated rings. The van der Waals surface area contributed by atoms with Crippen LogP contribution in [-0.2, 0) is 11.8 Å². The van der Waals surface area contributed by atoms with Crippen molar-refractivity contribution < 1.29 is 0 Å². The van der Waals surface area contributed by atoms with Gasteiger partial charge in [-0.1, -0.05) is 43.4 Å². The Morgan fingerprint density at radius 3 is 2.74 bits per heavy atom. The molecule has 1 nitrogen and oxygen atoms in total. The molecule has 1 aromatic rings. The van der Waals surface area contributed by atoms with Crippen LogP contribution in [0.5, 0.6) is 0 Å². The molecule has 0 spiro atoms. The SMILES string of the molecule is C=C1C=CC2C(C)N(C)CCC2(c2c(C)ccc(CC)c2C)C1. The zero-order valence-electron chi connectivity index (χ0n) is 15.4. The summed E-state index contributed by atoms with van der Waals surface area (Å²) in [5.41, 5.74) is 7.63. The third kappa shape index (κ3) is 2.50. The Balaban J connectivity index is 2.22. The number of fused-ring (bicyclic) bond motifs is 1. The molecule has 2 aliphatic rings. The fraction of sp³-hybridized carbons (Fsp3) is 0.545. The lowest BCUT2D eigenvalue weighted by molar-refractivity contribution is 0.0768. The Morgan fingerprint density at radius 2 is 2.04 bits per heavy atom. The number of allylic oxidation sites excluding steroid dienone is 2. The average molecular weight is 309 g/mol. The Bertz CT molecular complexity index is 654. The van der Waals surface area contributed by atoms with Gasteiger partial charge in [0.15, 0.2) is 0 Å². The fourth-order valence-corrected chi connectivity index (χ4v) is 5.16. The lowest BCUT2D eigenvalue weighted by atomic mass is 9.56. The molecule has 1 heterocycles. The van der Waals surface area contributed by atoms with Crippen LogP contribution in [0.4, 0.5) is 0 Å². The number of likely N-dealkylation sites (tertiary alicyclic amines) is 1. The Morgan fingerprint density at radius 1 is 1.30 bits per heavy atom. The smallest absolute Gasteiger partial charge is 0.0135 e. The van der Waals surface area contributed by atoms with E-state index in [1.54, 1.807) is 5.56 Å². The van der Waals surface area contributed by atoms with Gasteiger partial charge >= 0.3 is 0 Å². The van der Waals surface area contributed by atoms with Crippen molar-refractivity contribution in [1.29, 1.82) is 0 Å². The summed E-state index contributed by atoms with van der Waals surface area (Å²) in [5.74, 6) is 0.580. The molecule has 3 rings (SSSR count). The van der Waals surface area contributed by atoms with Gasteiger partial charge in [-0.3, -0.25) is 0 Å². The van der Waals surface area contributed by atoms with Crippen LogP contribution in [0, 0.1) is 19.8 Å². The molecule has 3 atom stereocenters. The van der Waals surface area contributed by atoms with Gasteiger partial charge in [-0.25, -0.2) is 0 Å².